The van der Waals surface area contributed by atoms with E-state index in [9.17, 15) is 9.59 Å². The van der Waals surface area contributed by atoms with Gasteiger partial charge in [-0.3, -0.25) is 14.9 Å². The molecule has 0 spiro atoms. The number of nitrogens with zero attached hydrogens (tertiary/aromatic N) is 2. The number of thiocarbonyl (C=S) groups is 1. The third-order valence-corrected chi connectivity index (χ3v) is 7.94. The SMILES string of the molecule is O=C(NC(=S)Nc1ccc(N2CCN(C(=O)c3cccs3)CC2)cc1)c1ccc(-c2cccc(Cl)c2Cl)o1. The maximum Gasteiger partial charge on any atom is 0.293 e. The lowest BCUT2D eigenvalue weighted by Crippen LogP contribution is -2.48. The van der Waals surface area contributed by atoms with E-state index in [-0.39, 0.29) is 16.8 Å². The summed E-state index contributed by atoms with van der Waals surface area (Å²) in [4.78, 5) is 30.1. The topological polar surface area (TPSA) is 77.8 Å². The average Bonchev–Trinajstić information content (AvgIpc) is 3.64. The van der Waals surface area contributed by atoms with Crippen molar-refractivity contribution in [3.63, 3.8) is 0 Å². The van der Waals surface area contributed by atoms with Crippen LogP contribution >= 0.6 is 46.8 Å². The van der Waals surface area contributed by atoms with Gasteiger partial charge >= 0.3 is 0 Å². The van der Waals surface area contributed by atoms with Crippen molar-refractivity contribution in [1.82, 2.24) is 10.2 Å². The van der Waals surface area contributed by atoms with Gasteiger partial charge in [-0.2, -0.15) is 0 Å². The molecule has 7 nitrogen and oxygen atoms in total. The van der Waals surface area contributed by atoms with E-state index in [1.54, 1.807) is 30.3 Å². The standard InChI is InChI=1S/C27H22Cl2N4O3S2/c28-20-4-1-3-19(24(20)29)21-10-11-22(36-21)25(34)31-27(37)30-17-6-8-18(9-7-17)32-12-14-33(15-13-32)26(35)23-5-2-16-38-23/h1-11,16H,12-15H2,(H2,30,31,34,37). The lowest BCUT2D eigenvalue weighted by atomic mass is 10.2. The number of furan rings is 1. The van der Waals surface area contributed by atoms with Crippen molar-refractivity contribution in [3.8, 4) is 11.3 Å². The monoisotopic (exact) mass is 584 g/mol. The van der Waals surface area contributed by atoms with Crippen LogP contribution in [0.15, 0.2) is 76.5 Å². The highest BCUT2D eigenvalue weighted by Crippen LogP contribution is 2.34. The van der Waals surface area contributed by atoms with Crippen LogP contribution in [0.25, 0.3) is 11.3 Å². The predicted molar refractivity (Wildman–Crippen MR) is 157 cm³/mol. The molecule has 1 aliphatic rings. The second kappa shape index (κ2) is 11.6. The Kier molecular flexibility index (Phi) is 7.99. The molecule has 2 aromatic carbocycles. The molecule has 0 atom stereocenters. The Morgan fingerprint density at radius 3 is 2.39 bits per heavy atom. The van der Waals surface area contributed by atoms with E-state index in [0.717, 1.165) is 29.3 Å². The molecule has 0 saturated carbocycles. The molecule has 0 unspecified atom stereocenters. The Morgan fingerprint density at radius 1 is 0.921 bits per heavy atom. The molecule has 1 aliphatic heterocycles. The largest absolute Gasteiger partial charge is 0.451 e. The number of thiophene rings is 1. The van der Waals surface area contributed by atoms with Crippen molar-refractivity contribution in [1.29, 1.82) is 0 Å². The molecule has 0 bridgehead atoms. The molecule has 2 amide bonds. The Morgan fingerprint density at radius 2 is 1.68 bits per heavy atom. The molecule has 3 heterocycles. The fraction of sp³-hybridized carbons (Fsp3) is 0.148. The summed E-state index contributed by atoms with van der Waals surface area (Å²) < 4.78 is 5.67. The third kappa shape index (κ3) is 5.86. The predicted octanol–water partition coefficient (Wildman–Crippen LogP) is 6.40. The maximum absolute atomic E-state index is 12.6. The molecule has 0 aliphatic carbocycles. The number of amides is 2. The maximum atomic E-state index is 12.6. The zero-order valence-corrected chi connectivity index (χ0v) is 23.1. The minimum absolute atomic E-state index is 0.0900. The normalized spacial score (nSPS) is 13.3. The molecular weight excluding hydrogens is 563 g/mol. The van der Waals surface area contributed by atoms with E-state index in [4.69, 9.17) is 39.8 Å². The Balaban J connectivity index is 1.13. The molecule has 5 rings (SSSR count). The van der Waals surface area contributed by atoms with Gasteiger partial charge in [0.25, 0.3) is 11.8 Å². The van der Waals surface area contributed by atoms with Crippen LogP contribution in [0.4, 0.5) is 11.4 Å². The van der Waals surface area contributed by atoms with Gasteiger partial charge in [0, 0.05) is 43.1 Å². The molecule has 2 N–H and O–H groups in total. The Bertz CT molecular complexity index is 1460. The fourth-order valence-corrected chi connectivity index (χ4v) is 5.40. The summed E-state index contributed by atoms with van der Waals surface area (Å²) in [5.74, 6) is 0.119. The Hall–Kier alpha value is -3.37. The minimum Gasteiger partial charge on any atom is -0.451 e. The molecular formula is C27H22Cl2N4O3S2. The van der Waals surface area contributed by atoms with Gasteiger partial charge in [0.05, 0.1) is 14.9 Å². The van der Waals surface area contributed by atoms with E-state index in [0.29, 0.717) is 34.5 Å². The van der Waals surface area contributed by atoms with Gasteiger partial charge in [0.1, 0.15) is 5.76 Å². The number of nitrogens with one attached hydrogen (secondary N) is 2. The van der Waals surface area contributed by atoms with Crippen LogP contribution in [0.1, 0.15) is 20.2 Å². The van der Waals surface area contributed by atoms with Gasteiger partial charge < -0.3 is 19.5 Å². The number of hydrogen-bond donors (Lipinski definition) is 2. The van der Waals surface area contributed by atoms with E-state index >= 15 is 0 Å². The average molecular weight is 586 g/mol. The molecule has 11 heteroatoms. The zero-order chi connectivity index (χ0) is 26.6. The highest BCUT2D eigenvalue weighted by Gasteiger charge is 2.23. The van der Waals surface area contributed by atoms with Gasteiger partial charge in [-0.1, -0.05) is 35.3 Å². The minimum atomic E-state index is -0.488. The number of carbonyl (C=O) groups excluding carboxylic acids is 2. The van der Waals surface area contributed by atoms with Gasteiger partial charge in [0.15, 0.2) is 10.9 Å². The third-order valence-electron chi connectivity index (χ3n) is 6.06. The number of hydrogen-bond acceptors (Lipinski definition) is 6. The van der Waals surface area contributed by atoms with E-state index in [2.05, 4.69) is 15.5 Å². The van der Waals surface area contributed by atoms with Crippen LogP contribution in [0.3, 0.4) is 0 Å². The number of carbonyl (C=O) groups is 2. The highest BCUT2D eigenvalue weighted by molar-refractivity contribution is 7.80. The number of anilines is 2. The second-order valence-electron chi connectivity index (χ2n) is 8.48. The summed E-state index contributed by atoms with van der Waals surface area (Å²) in [6, 6.07) is 19.9. The molecule has 0 radical (unpaired) electrons. The van der Waals surface area contributed by atoms with Crippen LogP contribution in [0.2, 0.25) is 10.0 Å². The van der Waals surface area contributed by atoms with Crippen LogP contribution < -0.4 is 15.5 Å². The first-order chi connectivity index (χ1) is 18.4. The van der Waals surface area contributed by atoms with Crippen molar-refractivity contribution >= 4 is 75.1 Å². The summed E-state index contributed by atoms with van der Waals surface area (Å²) in [7, 11) is 0. The molecule has 2 aromatic heterocycles. The van der Waals surface area contributed by atoms with Gasteiger partial charge in [-0.15, -0.1) is 11.3 Å². The number of benzene rings is 2. The second-order valence-corrected chi connectivity index (χ2v) is 10.6. The highest BCUT2D eigenvalue weighted by atomic mass is 35.5. The summed E-state index contributed by atoms with van der Waals surface area (Å²) in [5, 5.41) is 8.45. The van der Waals surface area contributed by atoms with E-state index in [1.165, 1.54) is 11.3 Å². The molecule has 38 heavy (non-hydrogen) atoms. The first-order valence-corrected chi connectivity index (χ1v) is 13.8. The zero-order valence-electron chi connectivity index (χ0n) is 19.9. The molecule has 1 fully saturated rings. The molecule has 4 aromatic rings. The van der Waals surface area contributed by atoms with Crippen molar-refractivity contribution in [3.05, 3.63) is 92.8 Å². The first-order valence-electron chi connectivity index (χ1n) is 11.7. The van der Waals surface area contributed by atoms with E-state index < -0.39 is 5.91 Å². The smallest absolute Gasteiger partial charge is 0.293 e. The van der Waals surface area contributed by atoms with Crippen LogP contribution in [0.5, 0.6) is 0 Å². The molecule has 1 saturated heterocycles. The van der Waals surface area contributed by atoms with Crippen molar-refractivity contribution < 1.29 is 14.0 Å². The summed E-state index contributed by atoms with van der Waals surface area (Å²) in [6.07, 6.45) is 0. The lowest BCUT2D eigenvalue weighted by Gasteiger charge is -2.36. The van der Waals surface area contributed by atoms with Gasteiger partial charge in [-0.05, 0) is 72.2 Å². The van der Waals surface area contributed by atoms with Crippen LogP contribution in [0, 0.1) is 0 Å². The quantitative estimate of drug-likeness (QED) is 0.264. The number of piperazine rings is 1. The molecule has 194 valence electrons. The van der Waals surface area contributed by atoms with E-state index in [1.807, 2.05) is 46.7 Å². The number of halogens is 2. The van der Waals surface area contributed by atoms with Crippen molar-refractivity contribution in [2.24, 2.45) is 0 Å². The van der Waals surface area contributed by atoms with Gasteiger partial charge in [-0.25, -0.2) is 0 Å². The Labute approximate surface area is 238 Å². The van der Waals surface area contributed by atoms with Crippen LogP contribution in [-0.4, -0.2) is 48.0 Å². The summed E-state index contributed by atoms with van der Waals surface area (Å²) in [6.45, 7) is 2.85. The van der Waals surface area contributed by atoms with Crippen molar-refractivity contribution in [2.45, 2.75) is 0 Å². The number of rotatable bonds is 5. The van der Waals surface area contributed by atoms with Crippen LogP contribution in [-0.2, 0) is 0 Å². The van der Waals surface area contributed by atoms with Crippen molar-refractivity contribution in [2.75, 3.05) is 36.4 Å². The summed E-state index contributed by atoms with van der Waals surface area (Å²) in [5.41, 5.74) is 2.38. The fourth-order valence-electron chi connectivity index (χ4n) is 4.11. The lowest BCUT2D eigenvalue weighted by molar-refractivity contribution is 0.0751. The summed E-state index contributed by atoms with van der Waals surface area (Å²) >= 11 is 19.1. The van der Waals surface area contributed by atoms with Gasteiger partial charge in [0.2, 0.25) is 0 Å². The first kappa shape index (κ1) is 26.2.